The quantitative estimate of drug-likeness (QED) is 0.470. The number of hydrogen-bond donors (Lipinski definition) is 1. The first-order valence-corrected chi connectivity index (χ1v) is 3.12. The number of aliphatic hydroxyl groups excluding tert-OH is 1. The summed E-state index contributed by atoms with van der Waals surface area (Å²) in [6, 6.07) is 0. The highest BCUT2D eigenvalue weighted by Gasteiger charge is 1.81. The van der Waals surface area contributed by atoms with Crippen LogP contribution in [0.5, 0.6) is 0 Å². The van der Waals surface area contributed by atoms with Crippen molar-refractivity contribution >= 4 is 5.78 Å². The molecule has 0 fully saturated rings. The van der Waals surface area contributed by atoms with E-state index in [0.717, 1.165) is 5.57 Å². The number of carbonyl (C=O) groups is 1. The molecule has 0 aromatic heterocycles. The predicted molar refractivity (Wildman–Crippen MR) is 40.7 cm³/mol. The van der Waals surface area contributed by atoms with Crippen LogP contribution in [-0.4, -0.2) is 17.5 Å². The third kappa shape index (κ3) is 5.25. The summed E-state index contributed by atoms with van der Waals surface area (Å²) in [6.07, 6.45) is 4.80. The van der Waals surface area contributed by atoms with Gasteiger partial charge in [-0.3, -0.25) is 4.79 Å². The lowest BCUT2D eigenvalue weighted by Gasteiger charge is -1.87. The van der Waals surface area contributed by atoms with E-state index in [2.05, 4.69) is 0 Å². The Kier molecular flexibility index (Phi) is 4.50. The molecule has 0 aliphatic heterocycles. The molecule has 0 amide bonds. The largest absolute Gasteiger partial charge is 0.392 e. The van der Waals surface area contributed by atoms with Crippen LogP contribution in [0.25, 0.3) is 0 Å². The Labute approximate surface area is 60.9 Å². The van der Waals surface area contributed by atoms with E-state index in [4.69, 9.17) is 5.11 Å². The predicted octanol–water partition coefficient (Wildman–Crippen LogP) is 1.07. The highest BCUT2D eigenvalue weighted by Crippen LogP contribution is 1.89. The molecule has 0 heterocycles. The van der Waals surface area contributed by atoms with E-state index in [1.807, 2.05) is 0 Å². The summed E-state index contributed by atoms with van der Waals surface area (Å²) < 4.78 is 0. The molecule has 2 heteroatoms. The lowest BCUT2D eigenvalue weighted by molar-refractivity contribution is -0.112. The van der Waals surface area contributed by atoms with E-state index in [9.17, 15) is 4.79 Å². The smallest absolute Gasteiger partial charge is 0.152 e. The Morgan fingerprint density at radius 1 is 1.50 bits per heavy atom. The second kappa shape index (κ2) is 4.94. The summed E-state index contributed by atoms with van der Waals surface area (Å²) in [5, 5.41) is 8.51. The molecule has 0 aromatic carbocycles. The number of carbonyl (C=O) groups excluding carboxylic acids is 1. The second-order valence-corrected chi connectivity index (χ2v) is 2.14. The molecule has 56 valence electrons. The lowest BCUT2D eigenvalue weighted by Crippen LogP contribution is -1.82. The standard InChI is InChI=1S/C8H12O2/c1-7(6-9)4-3-5-8(2)10/h3-5,9H,6H2,1-2H3/b5-3+,7-4+. The Hall–Kier alpha value is -0.890. The second-order valence-electron chi connectivity index (χ2n) is 2.14. The topological polar surface area (TPSA) is 37.3 Å². The fourth-order valence-electron chi connectivity index (χ4n) is 0.401. The van der Waals surface area contributed by atoms with Crippen molar-refractivity contribution in [3.05, 3.63) is 23.8 Å². The summed E-state index contributed by atoms with van der Waals surface area (Å²) >= 11 is 0. The Bertz CT molecular complexity index is 166. The first kappa shape index (κ1) is 9.11. The molecule has 1 N–H and O–H groups in total. The lowest BCUT2D eigenvalue weighted by atomic mass is 10.3. The SMILES string of the molecule is CC(=O)/C=C/C=C(\C)CO. The maximum atomic E-state index is 10.3. The van der Waals surface area contributed by atoms with Gasteiger partial charge >= 0.3 is 0 Å². The molecule has 0 radical (unpaired) electrons. The van der Waals surface area contributed by atoms with Crippen molar-refractivity contribution in [1.82, 2.24) is 0 Å². The summed E-state index contributed by atoms with van der Waals surface area (Å²) in [4.78, 5) is 10.3. The molecule has 0 spiro atoms. The van der Waals surface area contributed by atoms with Gasteiger partial charge in [-0.05, 0) is 25.5 Å². The Balaban J connectivity index is 3.82. The van der Waals surface area contributed by atoms with Gasteiger partial charge in [0.15, 0.2) is 5.78 Å². The van der Waals surface area contributed by atoms with Gasteiger partial charge in [0, 0.05) is 0 Å². The maximum Gasteiger partial charge on any atom is 0.152 e. The van der Waals surface area contributed by atoms with Gasteiger partial charge in [-0.2, -0.15) is 0 Å². The van der Waals surface area contributed by atoms with Gasteiger partial charge in [-0.1, -0.05) is 12.2 Å². The zero-order valence-corrected chi connectivity index (χ0v) is 6.29. The zero-order chi connectivity index (χ0) is 7.98. The van der Waals surface area contributed by atoms with Gasteiger partial charge in [0.1, 0.15) is 0 Å². The fourth-order valence-corrected chi connectivity index (χ4v) is 0.401. The minimum atomic E-state index is 0.0157. The van der Waals surface area contributed by atoms with E-state index in [1.165, 1.54) is 13.0 Å². The van der Waals surface area contributed by atoms with Crippen LogP contribution in [-0.2, 0) is 4.79 Å². The average Bonchev–Trinajstić information content (AvgIpc) is 1.87. The van der Waals surface area contributed by atoms with Gasteiger partial charge in [0.2, 0.25) is 0 Å². The maximum absolute atomic E-state index is 10.3. The molecule has 0 rings (SSSR count). The molecule has 0 aromatic rings. The van der Waals surface area contributed by atoms with E-state index in [1.54, 1.807) is 19.1 Å². The Morgan fingerprint density at radius 2 is 2.10 bits per heavy atom. The van der Waals surface area contributed by atoms with Gasteiger partial charge in [-0.15, -0.1) is 0 Å². The van der Waals surface area contributed by atoms with Gasteiger partial charge < -0.3 is 5.11 Å². The van der Waals surface area contributed by atoms with Crippen LogP contribution < -0.4 is 0 Å². The van der Waals surface area contributed by atoms with Crippen LogP contribution in [0, 0.1) is 0 Å². The third-order valence-electron chi connectivity index (χ3n) is 0.961. The van der Waals surface area contributed by atoms with Crippen molar-refractivity contribution in [2.45, 2.75) is 13.8 Å². The highest BCUT2D eigenvalue weighted by atomic mass is 16.3. The normalized spacial score (nSPS) is 12.5. The molecule has 0 atom stereocenters. The van der Waals surface area contributed by atoms with Crippen LogP contribution in [0.15, 0.2) is 23.8 Å². The minimum Gasteiger partial charge on any atom is -0.392 e. The van der Waals surface area contributed by atoms with Crippen LogP contribution in [0.3, 0.4) is 0 Å². The summed E-state index contributed by atoms with van der Waals surface area (Å²) in [6.45, 7) is 3.32. The number of aliphatic hydroxyl groups is 1. The average molecular weight is 140 g/mol. The molecule has 0 saturated carbocycles. The van der Waals surface area contributed by atoms with Crippen molar-refractivity contribution in [3.63, 3.8) is 0 Å². The summed E-state index contributed by atoms with van der Waals surface area (Å²) in [5.74, 6) is 0.0157. The molecular formula is C8H12O2. The van der Waals surface area contributed by atoms with E-state index >= 15 is 0 Å². The van der Waals surface area contributed by atoms with Crippen molar-refractivity contribution in [2.24, 2.45) is 0 Å². The van der Waals surface area contributed by atoms with Gasteiger partial charge in [-0.25, -0.2) is 0 Å². The van der Waals surface area contributed by atoms with Crippen LogP contribution >= 0.6 is 0 Å². The molecule has 10 heavy (non-hydrogen) atoms. The summed E-state index contributed by atoms with van der Waals surface area (Å²) in [5.41, 5.74) is 0.845. The van der Waals surface area contributed by atoms with E-state index in [-0.39, 0.29) is 12.4 Å². The van der Waals surface area contributed by atoms with Crippen molar-refractivity contribution in [3.8, 4) is 0 Å². The summed E-state index contributed by atoms with van der Waals surface area (Å²) in [7, 11) is 0. The van der Waals surface area contributed by atoms with Crippen LogP contribution in [0.1, 0.15) is 13.8 Å². The van der Waals surface area contributed by atoms with Gasteiger partial charge in [0.05, 0.1) is 6.61 Å². The number of rotatable bonds is 3. The molecular weight excluding hydrogens is 128 g/mol. The van der Waals surface area contributed by atoms with Crippen molar-refractivity contribution < 1.29 is 9.90 Å². The third-order valence-corrected chi connectivity index (χ3v) is 0.961. The number of ketones is 1. The number of hydrogen-bond acceptors (Lipinski definition) is 2. The molecule has 0 aliphatic carbocycles. The first-order valence-electron chi connectivity index (χ1n) is 3.12. The van der Waals surface area contributed by atoms with Crippen molar-refractivity contribution in [1.29, 1.82) is 0 Å². The van der Waals surface area contributed by atoms with Gasteiger partial charge in [0.25, 0.3) is 0 Å². The zero-order valence-electron chi connectivity index (χ0n) is 6.29. The minimum absolute atomic E-state index is 0.0157. The Morgan fingerprint density at radius 3 is 2.50 bits per heavy atom. The molecule has 0 bridgehead atoms. The van der Waals surface area contributed by atoms with E-state index in [0.29, 0.717) is 0 Å². The van der Waals surface area contributed by atoms with Crippen molar-refractivity contribution in [2.75, 3.05) is 6.61 Å². The van der Waals surface area contributed by atoms with Crippen LogP contribution in [0.4, 0.5) is 0 Å². The highest BCUT2D eigenvalue weighted by molar-refractivity contribution is 5.87. The molecule has 0 saturated heterocycles. The molecule has 0 aliphatic rings. The molecule has 0 unspecified atom stereocenters. The molecule has 2 nitrogen and oxygen atoms in total. The monoisotopic (exact) mass is 140 g/mol. The first-order chi connectivity index (χ1) is 4.66. The fraction of sp³-hybridized carbons (Fsp3) is 0.375. The van der Waals surface area contributed by atoms with E-state index < -0.39 is 0 Å². The van der Waals surface area contributed by atoms with Crippen LogP contribution in [0.2, 0.25) is 0 Å². The number of allylic oxidation sites excluding steroid dienone is 3.